The van der Waals surface area contributed by atoms with E-state index in [0.29, 0.717) is 5.92 Å². The fourth-order valence-electron chi connectivity index (χ4n) is 3.88. The molecule has 0 bridgehead atoms. The summed E-state index contributed by atoms with van der Waals surface area (Å²) in [6.45, 7) is 12.6. The van der Waals surface area contributed by atoms with E-state index in [1.807, 2.05) is 0 Å². The summed E-state index contributed by atoms with van der Waals surface area (Å²) in [5.41, 5.74) is 10.6. The number of rotatable bonds is 1. The van der Waals surface area contributed by atoms with E-state index in [1.54, 1.807) is 5.56 Å². The Morgan fingerprint density at radius 3 is 2.15 bits per heavy atom. The first kappa shape index (κ1) is 13.5. The van der Waals surface area contributed by atoms with E-state index in [2.05, 4.69) is 57.5 Å². The SMILES string of the molecule is Cc1c(C)c(C)c(C2CCc3cccn3C2)c(C)c1C. The van der Waals surface area contributed by atoms with E-state index in [0.717, 1.165) is 6.54 Å². The Morgan fingerprint density at radius 1 is 0.900 bits per heavy atom. The third kappa shape index (κ3) is 1.91. The number of hydrogen-bond acceptors (Lipinski definition) is 0. The second-order valence-corrected chi connectivity index (χ2v) is 6.43. The van der Waals surface area contributed by atoms with Crippen molar-refractivity contribution in [3.8, 4) is 0 Å². The maximum atomic E-state index is 2.44. The van der Waals surface area contributed by atoms with Gasteiger partial charge in [0.05, 0.1) is 0 Å². The summed E-state index contributed by atoms with van der Waals surface area (Å²) in [6.07, 6.45) is 4.73. The summed E-state index contributed by atoms with van der Waals surface area (Å²) < 4.78 is 2.44. The van der Waals surface area contributed by atoms with Crippen molar-refractivity contribution in [3.63, 3.8) is 0 Å². The molecule has 0 fully saturated rings. The van der Waals surface area contributed by atoms with Gasteiger partial charge in [-0.3, -0.25) is 0 Å². The molecule has 0 N–H and O–H groups in total. The van der Waals surface area contributed by atoms with Gasteiger partial charge in [-0.2, -0.15) is 0 Å². The van der Waals surface area contributed by atoms with Crippen LogP contribution in [-0.4, -0.2) is 4.57 Å². The highest BCUT2D eigenvalue weighted by molar-refractivity contribution is 5.51. The molecule has 0 saturated heterocycles. The third-order valence-electron chi connectivity index (χ3n) is 5.56. The monoisotopic (exact) mass is 267 g/mol. The lowest BCUT2D eigenvalue weighted by Gasteiger charge is -2.30. The highest BCUT2D eigenvalue weighted by Gasteiger charge is 2.24. The Kier molecular flexibility index (Phi) is 3.24. The summed E-state index contributed by atoms with van der Waals surface area (Å²) in [6, 6.07) is 4.45. The number of nitrogens with zero attached hydrogens (tertiary/aromatic N) is 1. The Balaban J connectivity index is 2.08. The van der Waals surface area contributed by atoms with Crippen molar-refractivity contribution in [1.82, 2.24) is 4.57 Å². The van der Waals surface area contributed by atoms with Crippen LogP contribution in [0.2, 0.25) is 0 Å². The summed E-state index contributed by atoms with van der Waals surface area (Å²) in [4.78, 5) is 0. The molecule has 1 unspecified atom stereocenters. The van der Waals surface area contributed by atoms with E-state index in [1.165, 1.54) is 46.4 Å². The number of benzene rings is 1. The molecule has 1 aromatic carbocycles. The fourth-order valence-corrected chi connectivity index (χ4v) is 3.88. The van der Waals surface area contributed by atoms with Crippen LogP contribution in [0.5, 0.6) is 0 Å². The van der Waals surface area contributed by atoms with E-state index >= 15 is 0 Å². The van der Waals surface area contributed by atoms with Crippen molar-refractivity contribution in [3.05, 3.63) is 57.4 Å². The van der Waals surface area contributed by atoms with E-state index in [-0.39, 0.29) is 0 Å². The Bertz CT molecular complexity index is 632. The number of aromatic nitrogens is 1. The molecule has 3 rings (SSSR count). The molecule has 0 saturated carbocycles. The van der Waals surface area contributed by atoms with Crippen LogP contribution < -0.4 is 0 Å². The second-order valence-electron chi connectivity index (χ2n) is 6.43. The van der Waals surface area contributed by atoms with Crippen molar-refractivity contribution in [2.75, 3.05) is 0 Å². The second kappa shape index (κ2) is 4.80. The minimum absolute atomic E-state index is 0.674. The smallest absolute Gasteiger partial charge is 0.0291 e. The van der Waals surface area contributed by atoms with E-state index < -0.39 is 0 Å². The van der Waals surface area contributed by atoms with Crippen molar-refractivity contribution in [2.24, 2.45) is 0 Å². The minimum atomic E-state index is 0.674. The molecule has 1 heteroatoms. The van der Waals surface area contributed by atoms with Gasteiger partial charge in [-0.05, 0) is 93.0 Å². The number of hydrogen-bond donors (Lipinski definition) is 0. The fraction of sp³-hybridized carbons (Fsp3) is 0.474. The Labute approximate surface area is 122 Å². The van der Waals surface area contributed by atoms with Crippen LogP contribution in [-0.2, 0) is 13.0 Å². The van der Waals surface area contributed by atoms with Crippen molar-refractivity contribution < 1.29 is 0 Å². The van der Waals surface area contributed by atoms with Gasteiger partial charge in [0.2, 0.25) is 0 Å². The predicted octanol–water partition coefficient (Wildman–Crippen LogP) is 4.76. The molecule has 2 heterocycles. The van der Waals surface area contributed by atoms with E-state index in [9.17, 15) is 0 Å². The summed E-state index contributed by atoms with van der Waals surface area (Å²) in [5.74, 6) is 0.674. The molecule has 1 nitrogen and oxygen atoms in total. The minimum Gasteiger partial charge on any atom is -0.351 e. The highest BCUT2D eigenvalue weighted by atomic mass is 15.0. The van der Waals surface area contributed by atoms with Gasteiger partial charge < -0.3 is 4.57 Å². The Morgan fingerprint density at radius 2 is 1.50 bits per heavy atom. The molecule has 0 radical (unpaired) electrons. The first-order valence-electron chi connectivity index (χ1n) is 7.71. The topological polar surface area (TPSA) is 4.93 Å². The van der Waals surface area contributed by atoms with Crippen LogP contribution in [0.3, 0.4) is 0 Å². The van der Waals surface area contributed by atoms with Crippen LogP contribution in [0.1, 0.15) is 51.4 Å². The molecular weight excluding hydrogens is 242 g/mol. The molecule has 2 aromatic rings. The van der Waals surface area contributed by atoms with Crippen LogP contribution in [0.4, 0.5) is 0 Å². The van der Waals surface area contributed by atoms with Gasteiger partial charge in [0, 0.05) is 24.4 Å². The molecule has 1 aliphatic heterocycles. The van der Waals surface area contributed by atoms with E-state index in [4.69, 9.17) is 0 Å². The lowest BCUT2D eigenvalue weighted by molar-refractivity contribution is 0.460. The lowest BCUT2D eigenvalue weighted by Crippen LogP contribution is -2.20. The Hall–Kier alpha value is -1.50. The molecule has 1 aliphatic rings. The first-order valence-corrected chi connectivity index (χ1v) is 7.71. The average Bonchev–Trinajstić information content (AvgIpc) is 2.91. The third-order valence-corrected chi connectivity index (χ3v) is 5.56. The zero-order valence-corrected chi connectivity index (χ0v) is 13.4. The highest BCUT2D eigenvalue weighted by Crippen LogP contribution is 2.36. The molecule has 20 heavy (non-hydrogen) atoms. The molecule has 106 valence electrons. The average molecular weight is 267 g/mol. The summed E-state index contributed by atoms with van der Waals surface area (Å²) in [5, 5.41) is 0. The van der Waals surface area contributed by atoms with Crippen LogP contribution in [0.25, 0.3) is 0 Å². The molecule has 0 amide bonds. The zero-order valence-electron chi connectivity index (χ0n) is 13.4. The number of fused-ring (bicyclic) bond motifs is 1. The molecule has 1 atom stereocenters. The summed E-state index contributed by atoms with van der Waals surface area (Å²) >= 11 is 0. The van der Waals surface area contributed by atoms with Gasteiger partial charge >= 0.3 is 0 Å². The van der Waals surface area contributed by atoms with Gasteiger partial charge in [0.15, 0.2) is 0 Å². The van der Waals surface area contributed by atoms with Crippen LogP contribution >= 0.6 is 0 Å². The normalized spacial score (nSPS) is 18.1. The summed E-state index contributed by atoms with van der Waals surface area (Å²) in [7, 11) is 0. The largest absolute Gasteiger partial charge is 0.351 e. The van der Waals surface area contributed by atoms with Crippen molar-refractivity contribution in [1.29, 1.82) is 0 Å². The van der Waals surface area contributed by atoms with Gasteiger partial charge in [0.25, 0.3) is 0 Å². The standard InChI is InChI=1S/C19H25N/c1-12-13(2)15(4)19(16(5)14(12)3)17-8-9-18-7-6-10-20(18)11-17/h6-7,10,17H,8-9,11H2,1-5H3. The predicted molar refractivity (Wildman–Crippen MR) is 85.6 cm³/mol. The maximum Gasteiger partial charge on any atom is 0.0291 e. The van der Waals surface area contributed by atoms with Crippen molar-refractivity contribution >= 4 is 0 Å². The lowest BCUT2D eigenvalue weighted by atomic mass is 9.80. The van der Waals surface area contributed by atoms with Crippen molar-refractivity contribution in [2.45, 2.75) is 59.9 Å². The molecule has 1 aromatic heterocycles. The van der Waals surface area contributed by atoms with Gasteiger partial charge in [-0.15, -0.1) is 0 Å². The zero-order chi connectivity index (χ0) is 14.4. The van der Waals surface area contributed by atoms with Gasteiger partial charge in [-0.1, -0.05) is 0 Å². The van der Waals surface area contributed by atoms with Gasteiger partial charge in [0.1, 0.15) is 0 Å². The quantitative estimate of drug-likeness (QED) is 0.702. The van der Waals surface area contributed by atoms with Gasteiger partial charge in [-0.25, -0.2) is 0 Å². The van der Waals surface area contributed by atoms with Crippen LogP contribution in [0.15, 0.2) is 18.3 Å². The molecular formula is C19H25N. The molecule has 0 spiro atoms. The first-order chi connectivity index (χ1) is 9.50. The number of aryl methyl sites for hydroxylation is 1. The maximum absolute atomic E-state index is 2.44. The van der Waals surface area contributed by atoms with Crippen LogP contribution in [0, 0.1) is 34.6 Å². The molecule has 0 aliphatic carbocycles.